The van der Waals surface area contributed by atoms with Crippen molar-refractivity contribution in [1.82, 2.24) is 0 Å². The number of nitrogens with two attached hydrogens (primary N) is 1. The minimum atomic E-state index is 0.0190. The molecule has 2 atom stereocenters. The van der Waals surface area contributed by atoms with E-state index in [0.29, 0.717) is 0 Å². The molecule has 0 saturated carbocycles. The molecule has 0 radical (unpaired) electrons. The highest BCUT2D eigenvalue weighted by atomic mass is 79.9. The fourth-order valence-electron chi connectivity index (χ4n) is 2.91. The Morgan fingerprint density at radius 3 is 2.90 bits per heavy atom. The van der Waals surface area contributed by atoms with E-state index in [0.717, 1.165) is 22.2 Å². The molecule has 0 spiro atoms. The molecular weight excluding hydrogens is 346 g/mol. The average Bonchev–Trinajstić information content (AvgIpc) is 2.90. The zero-order chi connectivity index (χ0) is 14.4. The van der Waals surface area contributed by atoms with Gasteiger partial charge in [0.05, 0.1) is 0 Å². The molecule has 3 aromatic rings. The quantitative estimate of drug-likeness (QED) is 0.648. The van der Waals surface area contributed by atoms with Crippen LogP contribution >= 0.6 is 27.3 Å². The summed E-state index contributed by atoms with van der Waals surface area (Å²) in [6.45, 7) is 0. The summed E-state index contributed by atoms with van der Waals surface area (Å²) in [6.07, 6.45) is 0.841. The molecule has 4 rings (SSSR count). The molecule has 2 N–H and O–H groups in total. The molecule has 0 aliphatic carbocycles. The SMILES string of the molecule is N[C@@H]1CC(c2csc3ccccc23)Oc2cc(Br)ccc21. The van der Waals surface area contributed by atoms with E-state index in [4.69, 9.17) is 10.5 Å². The normalized spacial score (nSPS) is 21.0. The molecule has 2 aromatic carbocycles. The van der Waals surface area contributed by atoms with Crippen molar-refractivity contribution in [2.24, 2.45) is 5.73 Å². The van der Waals surface area contributed by atoms with Crippen LogP contribution in [0.25, 0.3) is 10.1 Å². The van der Waals surface area contributed by atoms with Gasteiger partial charge in [0, 0.05) is 32.8 Å². The van der Waals surface area contributed by atoms with Crippen LogP contribution in [0.1, 0.15) is 29.7 Å². The minimum Gasteiger partial charge on any atom is -0.485 e. The van der Waals surface area contributed by atoms with Crippen LogP contribution in [0.2, 0.25) is 0 Å². The molecule has 1 aliphatic rings. The second kappa shape index (κ2) is 5.13. The fourth-order valence-corrected chi connectivity index (χ4v) is 4.26. The highest BCUT2D eigenvalue weighted by molar-refractivity contribution is 9.10. The van der Waals surface area contributed by atoms with Gasteiger partial charge in [0.15, 0.2) is 0 Å². The van der Waals surface area contributed by atoms with Crippen LogP contribution in [-0.4, -0.2) is 0 Å². The Kier molecular flexibility index (Phi) is 3.25. The van der Waals surface area contributed by atoms with Gasteiger partial charge in [-0.3, -0.25) is 0 Å². The monoisotopic (exact) mass is 359 g/mol. The van der Waals surface area contributed by atoms with Crippen LogP contribution < -0.4 is 10.5 Å². The van der Waals surface area contributed by atoms with Gasteiger partial charge in [-0.2, -0.15) is 0 Å². The van der Waals surface area contributed by atoms with E-state index in [1.807, 2.05) is 18.2 Å². The number of benzene rings is 2. The van der Waals surface area contributed by atoms with Crippen LogP contribution in [0.5, 0.6) is 5.75 Å². The molecule has 1 unspecified atom stereocenters. The number of halogens is 1. The molecule has 0 fully saturated rings. The van der Waals surface area contributed by atoms with Gasteiger partial charge in [0.1, 0.15) is 11.9 Å². The Bertz CT molecular complexity index is 813. The first-order valence-corrected chi connectivity index (χ1v) is 8.57. The third-order valence-electron chi connectivity index (χ3n) is 3.97. The molecule has 21 heavy (non-hydrogen) atoms. The van der Waals surface area contributed by atoms with Gasteiger partial charge in [-0.05, 0) is 29.0 Å². The lowest BCUT2D eigenvalue weighted by Gasteiger charge is -2.30. The molecule has 0 amide bonds. The van der Waals surface area contributed by atoms with Crippen molar-refractivity contribution < 1.29 is 4.74 Å². The fraction of sp³-hybridized carbons (Fsp3) is 0.176. The predicted octanol–water partition coefficient (Wildman–Crippen LogP) is 5.19. The van der Waals surface area contributed by atoms with Crippen molar-refractivity contribution in [3.8, 4) is 5.75 Å². The topological polar surface area (TPSA) is 35.2 Å². The van der Waals surface area contributed by atoms with E-state index in [1.54, 1.807) is 11.3 Å². The molecule has 4 heteroatoms. The summed E-state index contributed by atoms with van der Waals surface area (Å²) in [4.78, 5) is 0. The van der Waals surface area contributed by atoms with Crippen molar-refractivity contribution >= 4 is 37.4 Å². The average molecular weight is 360 g/mol. The maximum Gasteiger partial charge on any atom is 0.127 e. The van der Waals surface area contributed by atoms with Crippen LogP contribution in [0.3, 0.4) is 0 Å². The van der Waals surface area contributed by atoms with Gasteiger partial charge in [-0.1, -0.05) is 40.2 Å². The highest BCUT2D eigenvalue weighted by Gasteiger charge is 2.28. The summed E-state index contributed by atoms with van der Waals surface area (Å²) in [7, 11) is 0. The molecule has 106 valence electrons. The van der Waals surface area contributed by atoms with Crippen molar-refractivity contribution in [1.29, 1.82) is 0 Å². The summed E-state index contributed by atoms with van der Waals surface area (Å²) in [5.41, 5.74) is 8.68. The first kappa shape index (κ1) is 13.3. The summed E-state index contributed by atoms with van der Waals surface area (Å²) in [5.74, 6) is 0.892. The zero-order valence-corrected chi connectivity index (χ0v) is 13.7. The van der Waals surface area contributed by atoms with Crippen molar-refractivity contribution in [2.45, 2.75) is 18.6 Å². The standard InChI is InChI=1S/C17H14BrNOS/c18-10-5-6-12-14(19)8-16(20-15(12)7-10)13-9-21-17-4-2-1-3-11(13)17/h1-7,9,14,16H,8,19H2/t14-,16?/m1/s1. The van der Waals surface area contributed by atoms with Gasteiger partial charge in [-0.15, -0.1) is 11.3 Å². The number of hydrogen-bond acceptors (Lipinski definition) is 3. The van der Waals surface area contributed by atoms with Gasteiger partial charge >= 0.3 is 0 Å². The largest absolute Gasteiger partial charge is 0.485 e. The first-order valence-electron chi connectivity index (χ1n) is 6.90. The Balaban J connectivity index is 1.78. The van der Waals surface area contributed by atoms with Gasteiger partial charge in [0.2, 0.25) is 0 Å². The van der Waals surface area contributed by atoms with Crippen molar-refractivity contribution in [2.75, 3.05) is 0 Å². The van der Waals surface area contributed by atoms with E-state index < -0.39 is 0 Å². The lowest BCUT2D eigenvalue weighted by molar-refractivity contribution is 0.163. The van der Waals surface area contributed by atoms with E-state index in [-0.39, 0.29) is 12.1 Å². The van der Waals surface area contributed by atoms with Gasteiger partial charge in [-0.25, -0.2) is 0 Å². The molecule has 0 saturated heterocycles. The van der Waals surface area contributed by atoms with Crippen molar-refractivity contribution in [3.63, 3.8) is 0 Å². The molecule has 2 heterocycles. The third-order valence-corrected chi connectivity index (χ3v) is 5.45. The van der Waals surface area contributed by atoms with E-state index in [9.17, 15) is 0 Å². The van der Waals surface area contributed by atoms with E-state index >= 15 is 0 Å². The molecule has 1 aliphatic heterocycles. The summed E-state index contributed by atoms with van der Waals surface area (Å²) < 4.78 is 8.55. The van der Waals surface area contributed by atoms with Crippen LogP contribution in [0.15, 0.2) is 52.3 Å². The number of hydrogen-bond donors (Lipinski definition) is 1. The summed E-state index contributed by atoms with van der Waals surface area (Å²) >= 11 is 5.26. The second-order valence-corrected chi connectivity index (χ2v) is 7.14. The van der Waals surface area contributed by atoms with Gasteiger partial charge < -0.3 is 10.5 Å². The Hall–Kier alpha value is -1.36. The number of thiophene rings is 1. The smallest absolute Gasteiger partial charge is 0.127 e. The maximum atomic E-state index is 6.35. The highest BCUT2D eigenvalue weighted by Crippen LogP contribution is 2.43. The lowest BCUT2D eigenvalue weighted by Crippen LogP contribution is -2.23. The molecule has 2 nitrogen and oxygen atoms in total. The Labute approximate surface area is 135 Å². The van der Waals surface area contributed by atoms with Crippen LogP contribution in [0.4, 0.5) is 0 Å². The zero-order valence-electron chi connectivity index (χ0n) is 11.3. The molecule has 1 aromatic heterocycles. The van der Waals surface area contributed by atoms with E-state index in [2.05, 4.69) is 45.6 Å². The van der Waals surface area contributed by atoms with Crippen molar-refractivity contribution in [3.05, 3.63) is 63.4 Å². The molecular formula is C17H14BrNOS. The lowest BCUT2D eigenvalue weighted by atomic mass is 9.93. The third kappa shape index (κ3) is 2.27. The number of ether oxygens (including phenoxy) is 1. The minimum absolute atomic E-state index is 0.0190. The number of fused-ring (bicyclic) bond motifs is 2. The predicted molar refractivity (Wildman–Crippen MR) is 90.9 cm³/mol. The number of rotatable bonds is 1. The summed E-state index contributed by atoms with van der Waals surface area (Å²) in [6, 6.07) is 14.5. The molecule has 0 bridgehead atoms. The van der Waals surface area contributed by atoms with Gasteiger partial charge in [0.25, 0.3) is 0 Å². The second-order valence-electron chi connectivity index (χ2n) is 5.32. The maximum absolute atomic E-state index is 6.35. The Morgan fingerprint density at radius 2 is 2.00 bits per heavy atom. The van der Waals surface area contributed by atoms with Crippen LogP contribution in [-0.2, 0) is 0 Å². The van der Waals surface area contributed by atoms with E-state index in [1.165, 1.54) is 15.6 Å². The Morgan fingerprint density at radius 1 is 1.14 bits per heavy atom. The first-order chi connectivity index (χ1) is 10.2. The van der Waals surface area contributed by atoms with Crippen LogP contribution in [0, 0.1) is 0 Å². The summed E-state index contributed by atoms with van der Waals surface area (Å²) in [5, 5.41) is 3.48.